The van der Waals surface area contributed by atoms with Gasteiger partial charge in [-0.25, -0.2) is 0 Å². The van der Waals surface area contributed by atoms with E-state index in [1.54, 1.807) is 0 Å². The number of hydrogen-bond donors (Lipinski definition) is 0. The number of piperazine rings is 1. The summed E-state index contributed by atoms with van der Waals surface area (Å²) in [7, 11) is 0. The molecule has 2 aromatic rings. The van der Waals surface area contributed by atoms with Gasteiger partial charge in [0, 0.05) is 38.4 Å². The van der Waals surface area contributed by atoms with Crippen LogP contribution in [0.3, 0.4) is 0 Å². The maximum Gasteiger partial charge on any atom is 0.241 e. The minimum atomic E-state index is 0.0766. The Morgan fingerprint density at radius 1 is 1.04 bits per heavy atom. The van der Waals surface area contributed by atoms with E-state index in [4.69, 9.17) is 0 Å². The Balaban J connectivity index is 1.32. The van der Waals surface area contributed by atoms with Crippen molar-refractivity contribution in [2.24, 2.45) is 0 Å². The molecule has 146 valence electrons. The lowest BCUT2D eigenvalue weighted by molar-refractivity contribution is -0.120. The van der Waals surface area contributed by atoms with E-state index < -0.39 is 0 Å². The Hall–Kier alpha value is -2.43. The lowest BCUT2D eigenvalue weighted by Gasteiger charge is -2.35. The van der Waals surface area contributed by atoms with E-state index in [2.05, 4.69) is 59.7 Å². The van der Waals surface area contributed by atoms with Gasteiger partial charge in [-0.3, -0.25) is 14.6 Å². The first-order valence-electron chi connectivity index (χ1n) is 10.2. The average molecular weight is 376 g/mol. The number of fused-ring (bicyclic) bond motifs is 1. The molecule has 0 aromatic heterocycles. The molecule has 0 aliphatic carbocycles. The highest BCUT2D eigenvalue weighted by molar-refractivity contribution is 5.98. The van der Waals surface area contributed by atoms with Gasteiger partial charge in [-0.1, -0.05) is 54.1 Å². The Kier molecular flexibility index (Phi) is 5.60. The molecule has 0 N–H and O–H groups in total. The number of para-hydroxylation sites is 1. The van der Waals surface area contributed by atoms with Crippen molar-refractivity contribution in [3.05, 3.63) is 77.9 Å². The molecule has 0 unspecified atom stereocenters. The number of carbonyl (C=O) groups excluding carboxylic acids is 1. The fourth-order valence-corrected chi connectivity index (χ4v) is 4.25. The van der Waals surface area contributed by atoms with Crippen LogP contribution in [0.25, 0.3) is 0 Å². The van der Waals surface area contributed by atoms with Crippen LogP contribution in [0.4, 0.5) is 5.69 Å². The first kappa shape index (κ1) is 18.9. The number of benzene rings is 2. The van der Waals surface area contributed by atoms with Crippen molar-refractivity contribution in [3.63, 3.8) is 0 Å². The fourth-order valence-electron chi connectivity index (χ4n) is 4.25. The van der Waals surface area contributed by atoms with Gasteiger partial charge in [0.05, 0.1) is 12.6 Å². The van der Waals surface area contributed by atoms with E-state index in [0.29, 0.717) is 6.54 Å². The highest BCUT2D eigenvalue weighted by Crippen LogP contribution is 2.32. The normalized spacial score (nSPS) is 20.2. The summed E-state index contributed by atoms with van der Waals surface area (Å²) in [4.78, 5) is 19.8. The maximum absolute atomic E-state index is 13.1. The third-order valence-corrected chi connectivity index (χ3v) is 5.90. The molecule has 0 saturated carbocycles. The van der Waals surface area contributed by atoms with Crippen LogP contribution in [-0.2, 0) is 17.8 Å². The van der Waals surface area contributed by atoms with Crippen molar-refractivity contribution in [1.29, 1.82) is 0 Å². The Morgan fingerprint density at radius 3 is 2.43 bits per heavy atom. The molecule has 2 aliphatic heterocycles. The zero-order valence-corrected chi connectivity index (χ0v) is 16.7. The van der Waals surface area contributed by atoms with Gasteiger partial charge in [-0.2, -0.15) is 0 Å². The molecule has 1 atom stereocenters. The topological polar surface area (TPSA) is 26.8 Å². The molecule has 4 nitrogen and oxygen atoms in total. The second kappa shape index (κ2) is 8.29. The number of carbonyl (C=O) groups is 1. The molecule has 1 fully saturated rings. The van der Waals surface area contributed by atoms with E-state index in [1.807, 2.05) is 23.1 Å². The van der Waals surface area contributed by atoms with Crippen LogP contribution in [0.2, 0.25) is 0 Å². The molecule has 4 heteroatoms. The van der Waals surface area contributed by atoms with Crippen LogP contribution in [0, 0.1) is 6.92 Å². The minimum Gasteiger partial charge on any atom is -0.304 e. The molecular formula is C24H29N3O. The van der Waals surface area contributed by atoms with Crippen molar-refractivity contribution < 1.29 is 4.79 Å². The van der Waals surface area contributed by atoms with Crippen molar-refractivity contribution in [2.45, 2.75) is 25.9 Å². The second-order valence-corrected chi connectivity index (χ2v) is 7.94. The number of nitrogens with zero attached hydrogens (tertiary/aromatic N) is 3. The van der Waals surface area contributed by atoms with Gasteiger partial charge >= 0.3 is 0 Å². The van der Waals surface area contributed by atoms with Crippen molar-refractivity contribution in [3.8, 4) is 0 Å². The average Bonchev–Trinajstić information content (AvgIpc) is 3.10. The molecule has 28 heavy (non-hydrogen) atoms. The van der Waals surface area contributed by atoms with Crippen molar-refractivity contribution >= 4 is 11.6 Å². The minimum absolute atomic E-state index is 0.0766. The standard InChI is InChI=1S/C24H29N3O/c1-3-22-16-21-6-4-5-7-23(21)27(22)24(28)18-26-14-12-25(13-15-26)17-20-10-8-19(2)9-11-20/h3-11,22H,1,12-18H2,2H3/t22-/m1/s1. The number of rotatable bonds is 5. The van der Waals surface area contributed by atoms with Gasteiger partial charge in [0.2, 0.25) is 5.91 Å². The molecular weight excluding hydrogens is 346 g/mol. The summed E-state index contributed by atoms with van der Waals surface area (Å²) in [5.74, 6) is 0.182. The highest BCUT2D eigenvalue weighted by atomic mass is 16.2. The van der Waals surface area contributed by atoms with E-state index in [9.17, 15) is 4.79 Å². The number of aryl methyl sites for hydroxylation is 1. The maximum atomic E-state index is 13.1. The quantitative estimate of drug-likeness (QED) is 0.751. The van der Waals surface area contributed by atoms with Gasteiger partial charge in [0.1, 0.15) is 0 Å². The summed E-state index contributed by atoms with van der Waals surface area (Å²) in [5, 5.41) is 0. The molecule has 2 heterocycles. The molecule has 4 rings (SSSR count). The zero-order chi connectivity index (χ0) is 19.5. The molecule has 0 bridgehead atoms. The van der Waals surface area contributed by atoms with Crippen LogP contribution in [0.1, 0.15) is 16.7 Å². The first-order valence-corrected chi connectivity index (χ1v) is 10.2. The van der Waals surface area contributed by atoms with Gasteiger partial charge in [-0.15, -0.1) is 6.58 Å². The molecule has 2 aromatic carbocycles. The summed E-state index contributed by atoms with van der Waals surface area (Å²) >= 11 is 0. The number of hydrogen-bond acceptors (Lipinski definition) is 3. The molecule has 0 spiro atoms. The van der Waals surface area contributed by atoms with Crippen LogP contribution in [-0.4, -0.2) is 54.5 Å². The SMILES string of the molecule is C=C[C@@H]1Cc2ccccc2N1C(=O)CN1CCN(Cc2ccc(C)cc2)CC1. The smallest absolute Gasteiger partial charge is 0.241 e. The van der Waals surface area contributed by atoms with Crippen molar-refractivity contribution in [1.82, 2.24) is 9.80 Å². The number of anilines is 1. The first-order chi connectivity index (χ1) is 13.6. The van der Waals surface area contributed by atoms with Crippen LogP contribution in [0.5, 0.6) is 0 Å². The summed E-state index contributed by atoms with van der Waals surface area (Å²) in [6.45, 7) is 11.4. The van der Waals surface area contributed by atoms with Gasteiger partial charge in [-0.05, 0) is 30.5 Å². The molecule has 0 radical (unpaired) electrons. The Morgan fingerprint density at radius 2 is 1.71 bits per heavy atom. The van der Waals surface area contributed by atoms with Crippen molar-refractivity contribution in [2.75, 3.05) is 37.6 Å². The molecule has 1 amide bonds. The van der Waals surface area contributed by atoms with Crippen LogP contribution in [0.15, 0.2) is 61.2 Å². The monoisotopic (exact) mass is 375 g/mol. The van der Waals surface area contributed by atoms with E-state index >= 15 is 0 Å². The summed E-state index contributed by atoms with van der Waals surface area (Å²) in [6, 6.07) is 17.1. The second-order valence-electron chi connectivity index (χ2n) is 7.94. The third kappa shape index (κ3) is 4.03. The van der Waals surface area contributed by atoms with Gasteiger partial charge in [0.15, 0.2) is 0 Å². The lowest BCUT2D eigenvalue weighted by atomic mass is 10.1. The van der Waals surface area contributed by atoms with Gasteiger partial charge in [0.25, 0.3) is 0 Å². The Bertz CT molecular complexity index is 837. The molecule has 1 saturated heterocycles. The summed E-state index contributed by atoms with van der Waals surface area (Å²) < 4.78 is 0. The lowest BCUT2D eigenvalue weighted by Crippen LogP contribution is -2.50. The fraction of sp³-hybridized carbons (Fsp3) is 0.375. The van der Waals surface area contributed by atoms with E-state index in [-0.39, 0.29) is 11.9 Å². The van der Waals surface area contributed by atoms with Gasteiger partial charge < -0.3 is 4.90 Å². The Labute approximate surface area is 168 Å². The third-order valence-electron chi connectivity index (χ3n) is 5.90. The predicted octanol–water partition coefficient (Wildman–Crippen LogP) is 3.26. The van der Waals surface area contributed by atoms with E-state index in [1.165, 1.54) is 16.7 Å². The highest BCUT2D eigenvalue weighted by Gasteiger charge is 2.32. The van der Waals surface area contributed by atoms with Crippen LogP contribution < -0.4 is 4.90 Å². The summed E-state index contributed by atoms with van der Waals surface area (Å²) in [5.41, 5.74) is 4.95. The predicted molar refractivity (Wildman–Crippen MR) is 115 cm³/mol. The van der Waals surface area contributed by atoms with E-state index in [0.717, 1.165) is 44.8 Å². The largest absolute Gasteiger partial charge is 0.304 e. The summed E-state index contributed by atoms with van der Waals surface area (Å²) in [6.07, 6.45) is 2.77. The molecule has 2 aliphatic rings. The van der Waals surface area contributed by atoms with Crippen LogP contribution >= 0.6 is 0 Å². The number of amides is 1. The zero-order valence-electron chi connectivity index (χ0n) is 16.7.